The van der Waals surface area contributed by atoms with Gasteiger partial charge in [-0.25, -0.2) is 0 Å². The van der Waals surface area contributed by atoms with Crippen LogP contribution in [0.25, 0.3) is 10.9 Å². The molecule has 1 aromatic heterocycles. The Morgan fingerprint density at radius 3 is 2.59 bits per heavy atom. The van der Waals surface area contributed by atoms with Crippen molar-refractivity contribution in [3.63, 3.8) is 0 Å². The zero-order chi connectivity index (χ0) is 16.3. The Morgan fingerprint density at radius 2 is 1.95 bits per heavy atom. The fourth-order valence-electron chi connectivity index (χ4n) is 2.30. The van der Waals surface area contributed by atoms with E-state index in [9.17, 15) is 4.79 Å². The average Bonchev–Trinajstić information content (AvgIpc) is 2.84. The molecule has 0 atom stereocenters. The number of hydrogen-bond acceptors (Lipinski definition) is 3. The van der Waals surface area contributed by atoms with Gasteiger partial charge in [0.05, 0.1) is 12.3 Å². The van der Waals surface area contributed by atoms with Crippen molar-refractivity contribution in [3.8, 4) is 5.75 Å². The molecule has 2 aromatic rings. The van der Waals surface area contributed by atoms with Crippen molar-refractivity contribution in [2.45, 2.75) is 27.2 Å². The van der Waals surface area contributed by atoms with Crippen LogP contribution in [0.4, 0.5) is 0 Å². The van der Waals surface area contributed by atoms with E-state index in [1.807, 2.05) is 45.0 Å². The lowest BCUT2D eigenvalue weighted by Crippen LogP contribution is -2.20. The molecule has 0 unspecified atom stereocenters. The van der Waals surface area contributed by atoms with Crippen LogP contribution in [-0.2, 0) is 0 Å². The SMILES string of the molecule is CN(C)CCCOc1ccc2[nH]c(C(=O)C(C)(C)C)cc2c1. The Hall–Kier alpha value is -1.81. The van der Waals surface area contributed by atoms with Gasteiger partial charge in [-0.05, 0) is 44.8 Å². The minimum atomic E-state index is -0.383. The second-order valence-electron chi connectivity index (χ2n) is 7.02. The molecule has 1 aromatic carbocycles. The Kier molecular flexibility index (Phi) is 4.91. The molecule has 0 aliphatic heterocycles. The Morgan fingerprint density at radius 1 is 1.23 bits per heavy atom. The van der Waals surface area contributed by atoms with Gasteiger partial charge in [0.2, 0.25) is 0 Å². The summed E-state index contributed by atoms with van der Waals surface area (Å²) in [4.78, 5) is 17.7. The van der Waals surface area contributed by atoms with Gasteiger partial charge in [0.15, 0.2) is 5.78 Å². The monoisotopic (exact) mass is 302 g/mol. The van der Waals surface area contributed by atoms with E-state index in [1.165, 1.54) is 0 Å². The van der Waals surface area contributed by atoms with Crippen molar-refractivity contribution < 1.29 is 9.53 Å². The van der Waals surface area contributed by atoms with E-state index in [1.54, 1.807) is 0 Å². The molecule has 4 nitrogen and oxygen atoms in total. The number of aromatic amines is 1. The highest BCUT2D eigenvalue weighted by Crippen LogP contribution is 2.26. The summed E-state index contributed by atoms with van der Waals surface area (Å²) >= 11 is 0. The summed E-state index contributed by atoms with van der Waals surface area (Å²) in [5.74, 6) is 0.970. The average molecular weight is 302 g/mol. The fourth-order valence-corrected chi connectivity index (χ4v) is 2.30. The van der Waals surface area contributed by atoms with Crippen molar-refractivity contribution in [1.29, 1.82) is 0 Å². The van der Waals surface area contributed by atoms with Crippen molar-refractivity contribution in [1.82, 2.24) is 9.88 Å². The molecule has 0 saturated carbocycles. The molecule has 2 rings (SSSR count). The fraction of sp³-hybridized carbons (Fsp3) is 0.500. The molecule has 0 amide bonds. The van der Waals surface area contributed by atoms with E-state index in [2.05, 4.69) is 24.0 Å². The standard InChI is InChI=1S/C18H26N2O2/c1-18(2,3)17(21)16-12-13-11-14(7-8-15(13)19-16)22-10-6-9-20(4)5/h7-8,11-12,19H,6,9-10H2,1-5H3. The first-order valence-electron chi connectivity index (χ1n) is 7.72. The van der Waals surface area contributed by atoms with Crippen LogP contribution in [0.1, 0.15) is 37.7 Å². The third-order valence-corrected chi connectivity index (χ3v) is 3.54. The molecule has 1 heterocycles. The normalized spacial score (nSPS) is 12.1. The number of aromatic nitrogens is 1. The van der Waals surface area contributed by atoms with Crippen LogP contribution in [0.15, 0.2) is 24.3 Å². The van der Waals surface area contributed by atoms with Crippen LogP contribution < -0.4 is 4.74 Å². The Balaban J connectivity index is 2.09. The summed E-state index contributed by atoms with van der Waals surface area (Å²) in [7, 11) is 4.11. The first-order chi connectivity index (χ1) is 10.3. The third kappa shape index (κ3) is 4.10. The summed E-state index contributed by atoms with van der Waals surface area (Å²) in [6.45, 7) is 7.50. The first kappa shape index (κ1) is 16.6. The van der Waals surface area contributed by atoms with Crippen LogP contribution in [0, 0.1) is 5.41 Å². The minimum absolute atomic E-state index is 0.122. The van der Waals surface area contributed by atoms with Gasteiger partial charge < -0.3 is 14.6 Å². The van der Waals surface area contributed by atoms with Crippen molar-refractivity contribution in [2.75, 3.05) is 27.2 Å². The molecule has 0 fully saturated rings. The van der Waals surface area contributed by atoms with E-state index in [-0.39, 0.29) is 11.2 Å². The Labute approximate surface area is 132 Å². The first-order valence-corrected chi connectivity index (χ1v) is 7.72. The number of rotatable bonds is 6. The number of nitrogens with one attached hydrogen (secondary N) is 1. The van der Waals surface area contributed by atoms with Crippen LogP contribution in [0.2, 0.25) is 0 Å². The largest absolute Gasteiger partial charge is 0.494 e. The predicted octanol–water partition coefficient (Wildman–Crippen LogP) is 3.73. The highest BCUT2D eigenvalue weighted by molar-refractivity contribution is 6.02. The van der Waals surface area contributed by atoms with Gasteiger partial charge in [0.1, 0.15) is 5.75 Å². The molecule has 4 heteroatoms. The molecule has 0 spiro atoms. The molecule has 1 N–H and O–H groups in total. The molecular formula is C18H26N2O2. The minimum Gasteiger partial charge on any atom is -0.494 e. The van der Waals surface area contributed by atoms with Gasteiger partial charge in [-0.3, -0.25) is 4.79 Å². The maximum Gasteiger partial charge on any atom is 0.184 e. The molecule has 0 aliphatic rings. The molecular weight excluding hydrogens is 276 g/mol. The molecule has 0 aliphatic carbocycles. The summed E-state index contributed by atoms with van der Waals surface area (Å²) < 4.78 is 5.78. The topological polar surface area (TPSA) is 45.3 Å². The zero-order valence-electron chi connectivity index (χ0n) is 14.2. The lowest BCUT2D eigenvalue weighted by molar-refractivity contribution is 0.0854. The van der Waals surface area contributed by atoms with E-state index in [0.29, 0.717) is 12.3 Å². The van der Waals surface area contributed by atoms with E-state index in [4.69, 9.17) is 4.74 Å². The lowest BCUT2D eigenvalue weighted by Gasteiger charge is -2.14. The highest BCUT2D eigenvalue weighted by Gasteiger charge is 2.24. The number of nitrogens with zero attached hydrogens (tertiary/aromatic N) is 1. The lowest BCUT2D eigenvalue weighted by atomic mass is 9.89. The summed E-state index contributed by atoms with van der Waals surface area (Å²) in [6.07, 6.45) is 0.992. The maximum atomic E-state index is 12.3. The van der Waals surface area contributed by atoms with E-state index >= 15 is 0 Å². The molecule has 120 valence electrons. The number of carbonyl (C=O) groups is 1. The van der Waals surface area contributed by atoms with Gasteiger partial charge in [-0.15, -0.1) is 0 Å². The van der Waals surface area contributed by atoms with E-state index < -0.39 is 0 Å². The number of ketones is 1. The highest BCUT2D eigenvalue weighted by atomic mass is 16.5. The Bertz CT molecular complexity index is 651. The number of carbonyl (C=O) groups excluding carboxylic acids is 1. The molecule has 0 radical (unpaired) electrons. The van der Waals surface area contributed by atoms with Crippen molar-refractivity contribution in [2.24, 2.45) is 5.41 Å². The molecule has 0 saturated heterocycles. The number of hydrogen-bond donors (Lipinski definition) is 1. The smallest absolute Gasteiger partial charge is 0.184 e. The number of fused-ring (bicyclic) bond motifs is 1. The predicted molar refractivity (Wildman–Crippen MR) is 90.8 cm³/mol. The maximum absolute atomic E-state index is 12.3. The second kappa shape index (κ2) is 6.53. The van der Waals surface area contributed by atoms with E-state index in [0.717, 1.165) is 29.6 Å². The summed E-state index contributed by atoms with van der Waals surface area (Å²) in [5, 5.41) is 1.01. The number of Topliss-reactive ketones (excluding diaryl/α,β-unsaturated/α-hetero) is 1. The van der Waals surface area contributed by atoms with Crippen molar-refractivity contribution in [3.05, 3.63) is 30.0 Å². The van der Waals surface area contributed by atoms with Gasteiger partial charge in [-0.1, -0.05) is 20.8 Å². The number of ether oxygens (including phenoxy) is 1. The second-order valence-corrected chi connectivity index (χ2v) is 7.02. The number of H-pyrrole nitrogens is 1. The van der Waals surface area contributed by atoms with Crippen molar-refractivity contribution >= 4 is 16.7 Å². The quantitative estimate of drug-likeness (QED) is 0.653. The van der Waals surface area contributed by atoms with Crippen LogP contribution in [-0.4, -0.2) is 42.9 Å². The summed E-state index contributed by atoms with van der Waals surface area (Å²) in [5.41, 5.74) is 1.24. The number of benzene rings is 1. The molecule has 22 heavy (non-hydrogen) atoms. The molecule has 0 bridgehead atoms. The van der Waals surface area contributed by atoms with Gasteiger partial charge in [0, 0.05) is 22.9 Å². The van der Waals surface area contributed by atoms with Gasteiger partial charge >= 0.3 is 0 Å². The van der Waals surface area contributed by atoms with Crippen LogP contribution in [0.3, 0.4) is 0 Å². The summed E-state index contributed by atoms with van der Waals surface area (Å²) in [6, 6.07) is 7.81. The van der Waals surface area contributed by atoms with Gasteiger partial charge in [0.25, 0.3) is 0 Å². The van der Waals surface area contributed by atoms with Crippen LogP contribution >= 0.6 is 0 Å². The third-order valence-electron chi connectivity index (χ3n) is 3.54. The zero-order valence-corrected chi connectivity index (χ0v) is 14.2. The van der Waals surface area contributed by atoms with Crippen LogP contribution in [0.5, 0.6) is 5.75 Å². The van der Waals surface area contributed by atoms with Gasteiger partial charge in [-0.2, -0.15) is 0 Å².